The minimum absolute atomic E-state index is 0.0406. The minimum atomic E-state index is -0.460. The lowest BCUT2D eigenvalue weighted by Gasteiger charge is -2.06. The maximum Gasteiger partial charge on any atom is 0.326 e. The molecule has 0 saturated heterocycles. The van der Waals surface area contributed by atoms with Gasteiger partial charge in [-0.2, -0.15) is 10.1 Å². The highest BCUT2D eigenvalue weighted by molar-refractivity contribution is 7.16. The van der Waals surface area contributed by atoms with Gasteiger partial charge in [-0.3, -0.25) is 14.3 Å². The van der Waals surface area contributed by atoms with Gasteiger partial charge in [0.05, 0.1) is 16.8 Å². The molecule has 0 saturated carbocycles. The quantitative estimate of drug-likeness (QED) is 0.589. The second kappa shape index (κ2) is 8.28. The van der Waals surface area contributed by atoms with E-state index >= 15 is 0 Å². The Balaban J connectivity index is 2.08. The van der Waals surface area contributed by atoms with Crippen molar-refractivity contribution in [1.29, 1.82) is 0 Å². The molecule has 0 aliphatic rings. The van der Waals surface area contributed by atoms with E-state index < -0.39 is 11.9 Å². The Bertz CT molecular complexity index is 1110. The highest BCUT2D eigenvalue weighted by Crippen LogP contribution is 2.22. The first-order chi connectivity index (χ1) is 13.3. The van der Waals surface area contributed by atoms with Crippen LogP contribution < -0.4 is 4.80 Å². The fraction of sp³-hybridized carbons (Fsp3) is 0.368. The molecule has 0 fully saturated rings. The van der Waals surface area contributed by atoms with Crippen molar-refractivity contribution in [2.24, 2.45) is 4.99 Å². The van der Waals surface area contributed by atoms with Crippen LogP contribution >= 0.6 is 22.9 Å². The van der Waals surface area contributed by atoms with Gasteiger partial charge in [0.1, 0.15) is 6.54 Å². The van der Waals surface area contributed by atoms with Crippen molar-refractivity contribution in [3.63, 3.8) is 0 Å². The van der Waals surface area contributed by atoms with Crippen molar-refractivity contribution in [2.45, 2.75) is 40.3 Å². The van der Waals surface area contributed by atoms with E-state index in [2.05, 4.69) is 10.1 Å². The molecule has 0 aliphatic heterocycles. The highest BCUT2D eigenvalue weighted by atomic mass is 35.5. The van der Waals surface area contributed by atoms with E-state index in [4.69, 9.17) is 16.3 Å². The smallest absolute Gasteiger partial charge is 0.326 e. The molecule has 0 unspecified atom stereocenters. The number of benzene rings is 1. The number of hydrogen-bond donors (Lipinski definition) is 0. The molecule has 9 heteroatoms. The van der Waals surface area contributed by atoms with Crippen LogP contribution in [0.15, 0.2) is 29.3 Å². The number of aromatic nitrogens is 3. The molecule has 0 bridgehead atoms. The Hall–Kier alpha value is -2.45. The first-order valence-electron chi connectivity index (χ1n) is 8.90. The SMILES string of the molecule is CCOC(=O)Cn1c(=NC(=O)c2cc(C)n(C(C)C)n2)sc2cc(Cl)ccc21. The molecule has 1 aromatic carbocycles. The van der Waals surface area contributed by atoms with E-state index in [0.717, 1.165) is 15.9 Å². The zero-order valence-electron chi connectivity index (χ0n) is 16.1. The summed E-state index contributed by atoms with van der Waals surface area (Å²) < 4.78 is 9.32. The first-order valence-corrected chi connectivity index (χ1v) is 10.1. The molecule has 0 spiro atoms. The summed E-state index contributed by atoms with van der Waals surface area (Å²) in [6, 6.07) is 7.17. The molecular weight excluding hydrogens is 400 g/mol. The summed E-state index contributed by atoms with van der Waals surface area (Å²) in [6.07, 6.45) is 0. The summed E-state index contributed by atoms with van der Waals surface area (Å²) in [7, 11) is 0. The first kappa shape index (κ1) is 20.3. The Morgan fingerprint density at radius 2 is 2.07 bits per heavy atom. The Kier molecular flexibility index (Phi) is 6.00. The number of nitrogens with zero attached hydrogens (tertiary/aromatic N) is 4. The third kappa shape index (κ3) is 4.18. The van der Waals surface area contributed by atoms with E-state index in [0.29, 0.717) is 9.82 Å². The van der Waals surface area contributed by atoms with Gasteiger partial charge in [-0.05, 0) is 52.0 Å². The number of rotatable bonds is 5. The van der Waals surface area contributed by atoms with Crippen molar-refractivity contribution in [2.75, 3.05) is 6.61 Å². The van der Waals surface area contributed by atoms with Crippen LogP contribution in [-0.4, -0.2) is 32.8 Å². The number of thiazole rings is 1. The molecule has 28 heavy (non-hydrogen) atoms. The van der Waals surface area contributed by atoms with Gasteiger partial charge in [-0.25, -0.2) is 0 Å². The van der Waals surface area contributed by atoms with Gasteiger partial charge in [-0.15, -0.1) is 0 Å². The second-order valence-corrected chi connectivity index (χ2v) is 7.96. The number of ether oxygens (including phenoxy) is 1. The number of carbonyl (C=O) groups is 2. The standard InChI is InChI=1S/C19H21ClN4O3S/c1-5-27-17(25)10-23-15-7-6-13(20)9-16(15)28-19(23)21-18(26)14-8-12(4)24(22-14)11(2)3/h6-9,11H,5,10H2,1-4H3. The zero-order chi connectivity index (χ0) is 20.4. The molecule has 0 aliphatic carbocycles. The molecule has 3 aromatic rings. The van der Waals surface area contributed by atoms with Gasteiger partial charge >= 0.3 is 5.97 Å². The van der Waals surface area contributed by atoms with Crippen molar-refractivity contribution in [3.05, 3.63) is 45.5 Å². The van der Waals surface area contributed by atoms with Gasteiger partial charge in [0.25, 0.3) is 5.91 Å². The van der Waals surface area contributed by atoms with E-state index in [1.54, 1.807) is 40.4 Å². The highest BCUT2D eigenvalue weighted by Gasteiger charge is 2.16. The summed E-state index contributed by atoms with van der Waals surface area (Å²) in [4.78, 5) is 29.4. The number of hydrogen-bond acceptors (Lipinski definition) is 5. The average molecular weight is 421 g/mol. The van der Waals surface area contributed by atoms with Crippen molar-refractivity contribution in [1.82, 2.24) is 14.3 Å². The van der Waals surface area contributed by atoms with Gasteiger partial charge in [0.15, 0.2) is 10.5 Å². The molecule has 7 nitrogen and oxygen atoms in total. The molecule has 3 rings (SSSR count). The summed E-state index contributed by atoms with van der Waals surface area (Å²) in [5, 5.41) is 4.92. The monoisotopic (exact) mass is 420 g/mol. The number of aryl methyl sites for hydroxylation is 1. The molecule has 0 N–H and O–H groups in total. The largest absolute Gasteiger partial charge is 0.465 e. The summed E-state index contributed by atoms with van der Waals surface area (Å²) >= 11 is 7.37. The van der Waals surface area contributed by atoms with Crippen molar-refractivity contribution < 1.29 is 14.3 Å². The minimum Gasteiger partial charge on any atom is -0.465 e. The van der Waals surface area contributed by atoms with Crippen LogP contribution in [0.25, 0.3) is 10.2 Å². The van der Waals surface area contributed by atoms with E-state index in [-0.39, 0.29) is 24.9 Å². The van der Waals surface area contributed by atoms with E-state index in [1.165, 1.54) is 11.3 Å². The summed E-state index contributed by atoms with van der Waals surface area (Å²) in [5.41, 5.74) is 1.92. The third-order valence-electron chi connectivity index (χ3n) is 4.07. The lowest BCUT2D eigenvalue weighted by atomic mass is 10.3. The van der Waals surface area contributed by atoms with Crippen LogP contribution in [0.3, 0.4) is 0 Å². The van der Waals surface area contributed by atoms with Gasteiger partial charge in [0, 0.05) is 16.8 Å². The van der Waals surface area contributed by atoms with Crippen LogP contribution in [0.5, 0.6) is 0 Å². The van der Waals surface area contributed by atoms with Gasteiger partial charge < -0.3 is 9.30 Å². The number of amides is 1. The maximum atomic E-state index is 12.7. The normalized spacial score (nSPS) is 12.1. The van der Waals surface area contributed by atoms with Crippen LogP contribution in [0.2, 0.25) is 5.02 Å². The van der Waals surface area contributed by atoms with Gasteiger partial charge in [0.2, 0.25) is 0 Å². The molecule has 2 aromatic heterocycles. The van der Waals surface area contributed by atoms with E-state index in [9.17, 15) is 9.59 Å². The predicted octanol–water partition coefficient (Wildman–Crippen LogP) is 3.75. The predicted molar refractivity (Wildman–Crippen MR) is 109 cm³/mol. The van der Waals surface area contributed by atoms with Crippen LogP contribution in [0.1, 0.15) is 43.0 Å². The molecule has 0 atom stereocenters. The van der Waals surface area contributed by atoms with Crippen LogP contribution in [-0.2, 0) is 16.1 Å². The molecule has 2 heterocycles. The number of esters is 1. The number of carbonyl (C=O) groups excluding carboxylic acids is 2. The van der Waals surface area contributed by atoms with Crippen LogP contribution in [0, 0.1) is 6.92 Å². The number of halogens is 1. The maximum absolute atomic E-state index is 12.7. The second-order valence-electron chi connectivity index (χ2n) is 6.51. The van der Waals surface area contributed by atoms with Crippen molar-refractivity contribution >= 4 is 45.0 Å². The molecule has 148 valence electrons. The summed E-state index contributed by atoms with van der Waals surface area (Å²) in [5.74, 6) is -0.858. The van der Waals surface area contributed by atoms with Gasteiger partial charge in [-0.1, -0.05) is 22.9 Å². The van der Waals surface area contributed by atoms with Crippen LogP contribution in [0.4, 0.5) is 0 Å². The molecule has 0 radical (unpaired) electrons. The molecular formula is C19H21ClN4O3S. The average Bonchev–Trinajstić information content (AvgIpc) is 3.16. The fourth-order valence-corrected chi connectivity index (χ4v) is 4.18. The Morgan fingerprint density at radius 1 is 1.32 bits per heavy atom. The van der Waals surface area contributed by atoms with E-state index in [1.807, 2.05) is 20.8 Å². The topological polar surface area (TPSA) is 78.5 Å². The third-order valence-corrected chi connectivity index (χ3v) is 5.34. The summed E-state index contributed by atoms with van der Waals surface area (Å²) in [6.45, 7) is 7.87. The number of fused-ring (bicyclic) bond motifs is 1. The Labute approximate surface area is 171 Å². The Morgan fingerprint density at radius 3 is 2.71 bits per heavy atom. The van der Waals surface area contributed by atoms with Crippen molar-refractivity contribution in [3.8, 4) is 0 Å². The molecule has 1 amide bonds. The zero-order valence-corrected chi connectivity index (χ0v) is 17.7. The lowest BCUT2D eigenvalue weighted by Crippen LogP contribution is -2.23. The lowest BCUT2D eigenvalue weighted by molar-refractivity contribution is -0.143. The fourth-order valence-electron chi connectivity index (χ4n) is 2.88.